The summed E-state index contributed by atoms with van der Waals surface area (Å²) < 4.78 is 26.4. The number of hydrogen-bond acceptors (Lipinski definition) is 7. The Hall–Kier alpha value is -3.04. The molecule has 33 heavy (non-hydrogen) atoms. The van der Waals surface area contributed by atoms with Crippen LogP contribution in [0.4, 0.5) is 10.1 Å². The molecule has 2 aromatic carbocycles. The highest BCUT2D eigenvalue weighted by atomic mass is 19.1. The molecule has 2 atom stereocenters. The third kappa shape index (κ3) is 4.84. The van der Waals surface area contributed by atoms with Crippen LogP contribution in [-0.2, 0) is 11.3 Å². The monoisotopic (exact) mass is 452 g/mol. The summed E-state index contributed by atoms with van der Waals surface area (Å²) >= 11 is 0. The molecule has 0 saturated carbocycles. The van der Waals surface area contributed by atoms with E-state index >= 15 is 0 Å². The van der Waals surface area contributed by atoms with Crippen LogP contribution in [0.15, 0.2) is 48.5 Å². The number of hydrogen-bond donors (Lipinski definition) is 0. The molecule has 2 fully saturated rings. The van der Waals surface area contributed by atoms with E-state index in [1.54, 1.807) is 7.11 Å². The molecule has 1 aromatic heterocycles. The molecule has 5 rings (SSSR count). The molecule has 2 aliphatic rings. The van der Waals surface area contributed by atoms with Crippen LogP contribution in [0.5, 0.6) is 5.75 Å². The molecule has 0 bridgehead atoms. The molecular weight excluding hydrogens is 423 g/mol. The van der Waals surface area contributed by atoms with E-state index in [-0.39, 0.29) is 18.0 Å². The Bertz CT molecular complexity index is 1030. The molecule has 0 radical (unpaired) electrons. The van der Waals surface area contributed by atoms with E-state index in [4.69, 9.17) is 9.47 Å². The molecule has 3 aromatic rings. The molecule has 0 aliphatic carbocycles. The highest BCUT2D eigenvalue weighted by Crippen LogP contribution is 2.31. The third-order valence-electron chi connectivity index (χ3n) is 6.51. The number of nitrogens with zero attached hydrogens (tertiary/aromatic N) is 6. The van der Waals surface area contributed by atoms with Crippen LogP contribution < -0.4 is 9.64 Å². The van der Waals surface area contributed by atoms with Gasteiger partial charge in [-0.3, -0.25) is 4.90 Å². The van der Waals surface area contributed by atoms with Gasteiger partial charge in [-0.2, -0.15) is 0 Å². The number of benzene rings is 2. The van der Waals surface area contributed by atoms with E-state index in [0.717, 1.165) is 68.5 Å². The molecular formula is C24H29FN6O2. The van der Waals surface area contributed by atoms with E-state index in [9.17, 15) is 4.39 Å². The zero-order chi connectivity index (χ0) is 22.6. The van der Waals surface area contributed by atoms with Gasteiger partial charge in [-0.1, -0.05) is 12.1 Å². The molecule has 2 saturated heterocycles. The SMILES string of the molecule is COc1ccc([C@H](c2nnnn2C[C@@H]2CCCO2)N2CCN(c3ccc(F)cc3)CC2)cc1. The van der Waals surface area contributed by atoms with Crippen LogP contribution in [0.2, 0.25) is 0 Å². The zero-order valence-corrected chi connectivity index (χ0v) is 18.8. The van der Waals surface area contributed by atoms with Gasteiger partial charge in [0.1, 0.15) is 11.6 Å². The maximum atomic E-state index is 13.3. The Morgan fingerprint density at radius 1 is 1.06 bits per heavy atom. The first-order valence-electron chi connectivity index (χ1n) is 11.5. The molecule has 2 aliphatic heterocycles. The normalized spacial score (nSPS) is 20.2. The van der Waals surface area contributed by atoms with Crippen molar-refractivity contribution < 1.29 is 13.9 Å². The first-order chi connectivity index (χ1) is 16.2. The second-order valence-electron chi connectivity index (χ2n) is 8.53. The van der Waals surface area contributed by atoms with Gasteiger partial charge in [0, 0.05) is 38.5 Å². The Labute approximate surface area is 192 Å². The van der Waals surface area contributed by atoms with Crippen molar-refractivity contribution in [2.45, 2.75) is 31.5 Å². The van der Waals surface area contributed by atoms with Crippen molar-refractivity contribution in [3.05, 3.63) is 65.7 Å². The van der Waals surface area contributed by atoms with Gasteiger partial charge in [-0.25, -0.2) is 9.07 Å². The molecule has 9 heteroatoms. The second-order valence-corrected chi connectivity index (χ2v) is 8.53. The smallest absolute Gasteiger partial charge is 0.173 e. The van der Waals surface area contributed by atoms with Crippen LogP contribution in [0, 0.1) is 5.82 Å². The van der Waals surface area contributed by atoms with Gasteiger partial charge in [0.15, 0.2) is 5.82 Å². The van der Waals surface area contributed by atoms with Crippen LogP contribution in [-0.4, -0.2) is 71.1 Å². The Kier molecular flexibility index (Phi) is 6.50. The summed E-state index contributed by atoms with van der Waals surface area (Å²) in [6.07, 6.45) is 2.26. The Balaban J connectivity index is 1.39. The summed E-state index contributed by atoms with van der Waals surface area (Å²) in [4.78, 5) is 4.70. The summed E-state index contributed by atoms with van der Waals surface area (Å²) in [5.74, 6) is 1.43. The lowest BCUT2D eigenvalue weighted by Gasteiger charge is -2.40. The van der Waals surface area contributed by atoms with Crippen molar-refractivity contribution in [3.8, 4) is 5.75 Å². The third-order valence-corrected chi connectivity index (χ3v) is 6.51. The molecule has 0 unspecified atom stereocenters. The molecule has 0 amide bonds. The molecule has 0 spiro atoms. The number of methoxy groups -OCH3 is 1. The summed E-state index contributed by atoms with van der Waals surface area (Å²) in [6.45, 7) is 4.80. The van der Waals surface area contributed by atoms with E-state index in [1.165, 1.54) is 12.1 Å². The molecule has 3 heterocycles. The zero-order valence-electron chi connectivity index (χ0n) is 18.8. The minimum atomic E-state index is -0.213. The first kappa shape index (κ1) is 21.8. The summed E-state index contributed by atoms with van der Waals surface area (Å²) in [5.41, 5.74) is 2.16. The lowest BCUT2D eigenvalue weighted by atomic mass is 10.0. The maximum Gasteiger partial charge on any atom is 0.173 e. The van der Waals surface area contributed by atoms with Gasteiger partial charge >= 0.3 is 0 Å². The summed E-state index contributed by atoms with van der Waals surface area (Å²) in [5, 5.41) is 12.8. The fraction of sp³-hybridized carbons (Fsp3) is 0.458. The van der Waals surface area contributed by atoms with Gasteiger partial charge in [0.05, 0.1) is 25.8 Å². The van der Waals surface area contributed by atoms with Crippen LogP contribution in [0.1, 0.15) is 30.3 Å². The fourth-order valence-corrected chi connectivity index (χ4v) is 4.72. The molecule has 0 N–H and O–H groups in total. The standard InChI is InChI=1S/C24H29FN6O2/c1-32-21-10-4-18(5-11-21)23(24-26-27-28-31(24)17-22-3-2-16-33-22)30-14-12-29(13-15-30)20-8-6-19(25)7-9-20/h4-11,22-23H,2-3,12-17H2,1H3/t22-,23+/m0/s1. The Morgan fingerprint density at radius 3 is 2.48 bits per heavy atom. The van der Waals surface area contributed by atoms with Crippen molar-refractivity contribution in [1.82, 2.24) is 25.1 Å². The van der Waals surface area contributed by atoms with E-state index in [2.05, 4.69) is 37.5 Å². The van der Waals surface area contributed by atoms with E-state index < -0.39 is 0 Å². The Morgan fingerprint density at radius 2 is 1.82 bits per heavy atom. The van der Waals surface area contributed by atoms with Gasteiger partial charge in [-0.15, -0.1) is 5.10 Å². The number of tetrazole rings is 1. The first-order valence-corrected chi connectivity index (χ1v) is 11.5. The summed E-state index contributed by atoms with van der Waals surface area (Å²) in [7, 11) is 1.67. The van der Waals surface area contributed by atoms with E-state index in [0.29, 0.717) is 6.54 Å². The quantitative estimate of drug-likeness (QED) is 0.546. The highest BCUT2D eigenvalue weighted by molar-refractivity contribution is 5.46. The number of anilines is 1. The van der Waals surface area contributed by atoms with Crippen molar-refractivity contribution in [1.29, 1.82) is 0 Å². The number of rotatable bonds is 7. The number of halogens is 1. The van der Waals surface area contributed by atoms with Crippen LogP contribution in [0.25, 0.3) is 0 Å². The summed E-state index contributed by atoms with van der Waals surface area (Å²) in [6, 6.07) is 14.8. The minimum absolute atomic E-state index is 0.0809. The van der Waals surface area contributed by atoms with Gasteiger partial charge in [0.25, 0.3) is 0 Å². The second kappa shape index (κ2) is 9.84. The topological polar surface area (TPSA) is 68.5 Å². The predicted octanol–water partition coefficient (Wildman–Crippen LogP) is 2.91. The van der Waals surface area contributed by atoms with E-state index in [1.807, 2.05) is 28.9 Å². The maximum absolute atomic E-state index is 13.3. The largest absolute Gasteiger partial charge is 0.497 e. The van der Waals surface area contributed by atoms with Crippen molar-refractivity contribution in [2.75, 3.05) is 44.8 Å². The average molecular weight is 453 g/mol. The van der Waals surface area contributed by atoms with Gasteiger partial charge in [-0.05, 0) is 65.2 Å². The molecule has 174 valence electrons. The average Bonchev–Trinajstić information content (AvgIpc) is 3.54. The number of aromatic nitrogens is 4. The lowest BCUT2D eigenvalue weighted by Crippen LogP contribution is -2.48. The minimum Gasteiger partial charge on any atom is -0.497 e. The number of piperazine rings is 1. The van der Waals surface area contributed by atoms with Gasteiger partial charge < -0.3 is 14.4 Å². The van der Waals surface area contributed by atoms with Crippen molar-refractivity contribution >= 4 is 5.69 Å². The highest BCUT2D eigenvalue weighted by Gasteiger charge is 2.31. The predicted molar refractivity (Wildman–Crippen MR) is 122 cm³/mol. The van der Waals surface area contributed by atoms with Gasteiger partial charge in [0.2, 0.25) is 0 Å². The van der Waals surface area contributed by atoms with Crippen molar-refractivity contribution in [2.24, 2.45) is 0 Å². The molecule has 8 nitrogen and oxygen atoms in total. The van der Waals surface area contributed by atoms with Crippen LogP contribution in [0.3, 0.4) is 0 Å². The van der Waals surface area contributed by atoms with Crippen LogP contribution >= 0.6 is 0 Å². The number of ether oxygens (including phenoxy) is 2. The van der Waals surface area contributed by atoms with Crippen molar-refractivity contribution in [3.63, 3.8) is 0 Å². The fourth-order valence-electron chi connectivity index (χ4n) is 4.72. The lowest BCUT2D eigenvalue weighted by molar-refractivity contribution is 0.0906.